The van der Waals surface area contributed by atoms with Gasteiger partial charge in [-0.1, -0.05) is 0 Å². The third-order valence-electron chi connectivity index (χ3n) is 3.68. The topological polar surface area (TPSA) is 53.1 Å². The van der Waals surface area contributed by atoms with E-state index in [2.05, 4.69) is 21.7 Å². The number of thiophene rings is 1. The minimum absolute atomic E-state index is 0.0912. The third-order valence-corrected chi connectivity index (χ3v) is 4.42. The largest absolute Gasteiger partial charge is 0.384 e. The predicted octanol–water partition coefficient (Wildman–Crippen LogP) is 3.34. The monoisotopic (exact) mass is 303 g/mol. The minimum atomic E-state index is -0.330. The molecule has 3 rings (SSSR count). The molecule has 3 nitrogen and oxygen atoms in total. The first-order valence-electron chi connectivity index (χ1n) is 7.01. The molecule has 0 saturated heterocycles. The van der Waals surface area contributed by atoms with E-state index in [-0.39, 0.29) is 11.7 Å². The van der Waals surface area contributed by atoms with Crippen LogP contribution in [-0.2, 0) is 13.1 Å². The number of nitrogens with two attached hydrogens (primary N) is 1. The summed E-state index contributed by atoms with van der Waals surface area (Å²) >= 11 is 1.70. The second-order valence-electron chi connectivity index (χ2n) is 5.53. The molecule has 0 radical (unpaired) electrons. The van der Waals surface area contributed by atoms with Crippen LogP contribution in [0.4, 0.5) is 4.39 Å². The Labute approximate surface area is 127 Å². The number of amidine groups is 1. The highest BCUT2D eigenvalue weighted by atomic mass is 32.1. The van der Waals surface area contributed by atoms with Gasteiger partial charge in [0, 0.05) is 24.7 Å². The lowest BCUT2D eigenvalue weighted by molar-refractivity contribution is 0.246. The van der Waals surface area contributed by atoms with Gasteiger partial charge < -0.3 is 5.73 Å². The highest BCUT2D eigenvalue weighted by Crippen LogP contribution is 2.30. The summed E-state index contributed by atoms with van der Waals surface area (Å²) in [4.78, 5) is 2.38. The molecule has 0 amide bonds. The summed E-state index contributed by atoms with van der Waals surface area (Å²) in [6, 6.07) is 7.39. The Hall–Kier alpha value is -1.72. The zero-order valence-corrected chi connectivity index (χ0v) is 12.5. The van der Waals surface area contributed by atoms with Crippen molar-refractivity contribution >= 4 is 17.2 Å². The van der Waals surface area contributed by atoms with Crippen LogP contribution >= 0.6 is 11.3 Å². The SMILES string of the molecule is N=C(N)c1cc(F)cc(CN(Cc2ccsc2)C2CC2)c1. The molecule has 0 spiro atoms. The van der Waals surface area contributed by atoms with Gasteiger partial charge in [0.05, 0.1) is 0 Å². The first-order chi connectivity index (χ1) is 10.1. The maximum absolute atomic E-state index is 13.7. The van der Waals surface area contributed by atoms with Gasteiger partial charge >= 0.3 is 0 Å². The summed E-state index contributed by atoms with van der Waals surface area (Å²) in [6.45, 7) is 1.58. The van der Waals surface area contributed by atoms with Gasteiger partial charge in [-0.15, -0.1) is 0 Å². The molecule has 1 aromatic heterocycles. The van der Waals surface area contributed by atoms with Crippen molar-refractivity contribution in [2.75, 3.05) is 0 Å². The zero-order valence-electron chi connectivity index (χ0n) is 11.7. The van der Waals surface area contributed by atoms with Gasteiger partial charge in [-0.2, -0.15) is 11.3 Å². The molecule has 110 valence electrons. The van der Waals surface area contributed by atoms with Crippen molar-refractivity contribution in [3.8, 4) is 0 Å². The number of nitrogens with one attached hydrogen (secondary N) is 1. The highest BCUT2D eigenvalue weighted by molar-refractivity contribution is 7.07. The molecule has 3 N–H and O–H groups in total. The molecular formula is C16H18FN3S. The average molecular weight is 303 g/mol. The molecule has 1 aromatic carbocycles. The summed E-state index contributed by atoms with van der Waals surface area (Å²) in [5, 5.41) is 11.7. The molecule has 1 heterocycles. The van der Waals surface area contributed by atoms with E-state index in [1.165, 1.54) is 30.5 Å². The predicted molar refractivity (Wildman–Crippen MR) is 84.0 cm³/mol. The maximum atomic E-state index is 13.7. The fourth-order valence-corrected chi connectivity index (χ4v) is 3.16. The molecule has 0 unspecified atom stereocenters. The van der Waals surface area contributed by atoms with Crippen molar-refractivity contribution in [2.24, 2.45) is 5.73 Å². The fraction of sp³-hybridized carbons (Fsp3) is 0.312. The lowest BCUT2D eigenvalue weighted by Crippen LogP contribution is -2.25. The summed E-state index contributed by atoms with van der Waals surface area (Å²) in [7, 11) is 0. The molecule has 0 bridgehead atoms. The Morgan fingerprint density at radius 3 is 2.67 bits per heavy atom. The molecule has 1 saturated carbocycles. The van der Waals surface area contributed by atoms with Crippen molar-refractivity contribution in [1.29, 1.82) is 5.41 Å². The average Bonchev–Trinajstić information content (AvgIpc) is 3.16. The van der Waals surface area contributed by atoms with Crippen LogP contribution in [-0.4, -0.2) is 16.8 Å². The summed E-state index contributed by atoms with van der Waals surface area (Å²) in [5.74, 6) is -0.421. The second-order valence-corrected chi connectivity index (χ2v) is 6.31. The Balaban J connectivity index is 1.78. The molecular weight excluding hydrogens is 285 g/mol. The van der Waals surface area contributed by atoms with Crippen LogP contribution in [0.1, 0.15) is 29.5 Å². The van der Waals surface area contributed by atoms with Crippen LogP contribution in [0, 0.1) is 11.2 Å². The molecule has 1 aliphatic rings. The summed E-state index contributed by atoms with van der Waals surface area (Å²) in [5.41, 5.74) is 8.10. The molecule has 0 atom stereocenters. The van der Waals surface area contributed by atoms with Crippen LogP contribution in [0.2, 0.25) is 0 Å². The summed E-state index contributed by atoms with van der Waals surface area (Å²) in [6.07, 6.45) is 2.41. The van der Waals surface area contributed by atoms with E-state index in [1.54, 1.807) is 11.3 Å². The van der Waals surface area contributed by atoms with Gasteiger partial charge in [-0.25, -0.2) is 4.39 Å². The number of hydrogen-bond donors (Lipinski definition) is 2. The van der Waals surface area contributed by atoms with Gasteiger partial charge in [0.1, 0.15) is 11.7 Å². The van der Waals surface area contributed by atoms with Gasteiger partial charge in [0.15, 0.2) is 0 Å². The lowest BCUT2D eigenvalue weighted by Gasteiger charge is -2.22. The smallest absolute Gasteiger partial charge is 0.124 e. The third kappa shape index (κ3) is 3.68. The van der Waals surface area contributed by atoms with Crippen LogP contribution in [0.25, 0.3) is 0 Å². The van der Waals surface area contributed by atoms with Gasteiger partial charge in [-0.05, 0) is 59.0 Å². The number of rotatable bonds is 6. The first kappa shape index (κ1) is 14.2. The molecule has 5 heteroatoms. The van der Waals surface area contributed by atoms with E-state index in [4.69, 9.17) is 11.1 Å². The quantitative estimate of drug-likeness (QED) is 0.635. The molecule has 2 aromatic rings. The normalized spacial score (nSPS) is 14.6. The van der Waals surface area contributed by atoms with E-state index in [0.29, 0.717) is 18.2 Å². The van der Waals surface area contributed by atoms with Crippen molar-refractivity contribution in [3.05, 3.63) is 57.5 Å². The van der Waals surface area contributed by atoms with Crippen molar-refractivity contribution < 1.29 is 4.39 Å². The van der Waals surface area contributed by atoms with E-state index < -0.39 is 0 Å². The number of hydrogen-bond acceptors (Lipinski definition) is 3. The Kier molecular flexibility index (Phi) is 4.03. The maximum Gasteiger partial charge on any atom is 0.124 e. The number of nitrogens with zero attached hydrogens (tertiary/aromatic N) is 1. The zero-order chi connectivity index (χ0) is 14.8. The van der Waals surface area contributed by atoms with Crippen LogP contribution in [0.3, 0.4) is 0 Å². The number of halogens is 1. The Morgan fingerprint density at radius 1 is 1.29 bits per heavy atom. The van der Waals surface area contributed by atoms with Gasteiger partial charge in [0.25, 0.3) is 0 Å². The van der Waals surface area contributed by atoms with E-state index in [1.807, 2.05) is 6.07 Å². The van der Waals surface area contributed by atoms with Crippen molar-refractivity contribution in [3.63, 3.8) is 0 Å². The standard InChI is InChI=1S/C16H18FN3S/c17-14-6-12(5-13(7-14)16(18)19)9-20(15-1-2-15)8-11-3-4-21-10-11/h3-7,10,15H,1-2,8-9H2,(H3,18,19). The van der Waals surface area contributed by atoms with E-state index in [0.717, 1.165) is 12.1 Å². The number of nitrogen functional groups attached to an aromatic ring is 1. The molecule has 1 aliphatic carbocycles. The molecule has 21 heavy (non-hydrogen) atoms. The van der Waals surface area contributed by atoms with Crippen LogP contribution in [0.15, 0.2) is 35.0 Å². The fourth-order valence-electron chi connectivity index (χ4n) is 2.50. The Morgan fingerprint density at radius 2 is 2.05 bits per heavy atom. The van der Waals surface area contributed by atoms with Crippen molar-refractivity contribution in [1.82, 2.24) is 4.90 Å². The van der Waals surface area contributed by atoms with Gasteiger partial charge in [-0.3, -0.25) is 10.3 Å². The lowest BCUT2D eigenvalue weighted by atomic mass is 10.1. The molecule has 1 fully saturated rings. The van der Waals surface area contributed by atoms with Crippen molar-refractivity contribution in [2.45, 2.75) is 32.0 Å². The molecule has 0 aliphatic heterocycles. The number of benzene rings is 1. The first-order valence-corrected chi connectivity index (χ1v) is 7.95. The van der Waals surface area contributed by atoms with E-state index >= 15 is 0 Å². The summed E-state index contributed by atoms with van der Waals surface area (Å²) < 4.78 is 13.7. The second kappa shape index (κ2) is 5.95. The minimum Gasteiger partial charge on any atom is -0.384 e. The van der Waals surface area contributed by atoms with E-state index in [9.17, 15) is 4.39 Å². The van der Waals surface area contributed by atoms with Crippen LogP contribution < -0.4 is 5.73 Å². The van der Waals surface area contributed by atoms with Crippen LogP contribution in [0.5, 0.6) is 0 Å². The highest BCUT2D eigenvalue weighted by Gasteiger charge is 2.29. The Bertz CT molecular complexity index is 635. The van der Waals surface area contributed by atoms with Gasteiger partial charge in [0.2, 0.25) is 0 Å².